The van der Waals surface area contributed by atoms with Gasteiger partial charge in [-0.25, -0.2) is 0 Å². The summed E-state index contributed by atoms with van der Waals surface area (Å²) in [6.07, 6.45) is 11.8. The molecule has 2 unspecified atom stereocenters. The first kappa shape index (κ1) is 23.4. The molecule has 29 heavy (non-hydrogen) atoms. The van der Waals surface area contributed by atoms with Gasteiger partial charge in [0.05, 0.1) is 12.8 Å². The lowest BCUT2D eigenvalue weighted by atomic mass is 10.1. The Morgan fingerprint density at radius 3 is 2.72 bits per heavy atom. The average molecular weight is 407 g/mol. The number of esters is 1. The van der Waals surface area contributed by atoms with E-state index in [0.29, 0.717) is 18.7 Å². The third-order valence-corrected chi connectivity index (χ3v) is 5.43. The monoisotopic (exact) mass is 406 g/mol. The number of rotatable bonds is 11. The Morgan fingerprint density at radius 2 is 2.00 bits per heavy atom. The number of nitrogens with one attached hydrogen (secondary N) is 2. The highest BCUT2D eigenvalue weighted by molar-refractivity contribution is 5.94. The van der Waals surface area contributed by atoms with Crippen LogP contribution in [0, 0.1) is 0 Å². The minimum atomic E-state index is -0.426. The number of ether oxygens (including phenoxy) is 1. The van der Waals surface area contributed by atoms with Gasteiger partial charge < -0.3 is 15.4 Å². The van der Waals surface area contributed by atoms with Crippen LogP contribution in [0.25, 0.3) is 0 Å². The SMILES string of the molecule is CCCCOC(=O)CC(=O)NC1CCCC(NCCc2cnn(C(C)C)c2)CC1. The first-order chi connectivity index (χ1) is 14.0. The van der Waals surface area contributed by atoms with Crippen molar-refractivity contribution in [2.75, 3.05) is 13.2 Å². The number of aromatic nitrogens is 2. The molecule has 7 nitrogen and oxygen atoms in total. The number of nitrogens with zero attached hydrogens (tertiary/aromatic N) is 2. The van der Waals surface area contributed by atoms with Crippen LogP contribution in [0.3, 0.4) is 0 Å². The molecule has 0 aromatic carbocycles. The van der Waals surface area contributed by atoms with Crippen LogP contribution in [0.4, 0.5) is 0 Å². The fraction of sp³-hybridized carbons (Fsp3) is 0.773. The van der Waals surface area contributed by atoms with Crippen LogP contribution < -0.4 is 10.6 Å². The van der Waals surface area contributed by atoms with Gasteiger partial charge in [-0.1, -0.05) is 13.3 Å². The smallest absolute Gasteiger partial charge is 0.315 e. The van der Waals surface area contributed by atoms with Crippen molar-refractivity contribution in [1.29, 1.82) is 0 Å². The van der Waals surface area contributed by atoms with Crippen molar-refractivity contribution in [3.63, 3.8) is 0 Å². The molecule has 7 heteroatoms. The highest BCUT2D eigenvalue weighted by atomic mass is 16.5. The van der Waals surface area contributed by atoms with Crippen molar-refractivity contribution in [2.45, 2.75) is 96.7 Å². The van der Waals surface area contributed by atoms with E-state index >= 15 is 0 Å². The zero-order chi connectivity index (χ0) is 21.1. The van der Waals surface area contributed by atoms with Crippen LogP contribution in [-0.4, -0.2) is 46.9 Å². The van der Waals surface area contributed by atoms with Gasteiger partial charge >= 0.3 is 5.97 Å². The predicted octanol–water partition coefficient (Wildman–Crippen LogP) is 3.15. The second kappa shape index (κ2) is 12.6. The number of carbonyl (C=O) groups excluding carboxylic acids is 2. The quantitative estimate of drug-likeness (QED) is 0.255. The minimum absolute atomic E-state index is 0.155. The Hall–Kier alpha value is -1.89. The molecule has 1 aliphatic rings. The molecular weight excluding hydrogens is 368 g/mol. The van der Waals surface area contributed by atoms with E-state index in [1.807, 2.05) is 17.8 Å². The van der Waals surface area contributed by atoms with Crippen LogP contribution in [0.15, 0.2) is 12.4 Å². The Kier molecular flexibility index (Phi) is 10.2. The summed E-state index contributed by atoms with van der Waals surface area (Å²) in [4.78, 5) is 23.8. The van der Waals surface area contributed by atoms with Gasteiger partial charge in [0.15, 0.2) is 0 Å². The number of amides is 1. The van der Waals surface area contributed by atoms with Gasteiger partial charge in [0.1, 0.15) is 6.42 Å². The topological polar surface area (TPSA) is 85.2 Å². The average Bonchev–Trinajstić information content (AvgIpc) is 3.04. The summed E-state index contributed by atoms with van der Waals surface area (Å²) in [5, 5.41) is 11.1. The van der Waals surface area contributed by atoms with E-state index in [1.54, 1.807) is 0 Å². The van der Waals surface area contributed by atoms with Gasteiger partial charge in [-0.3, -0.25) is 14.3 Å². The third-order valence-electron chi connectivity index (χ3n) is 5.43. The van der Waals surface area contributed by atoms with E-state index in [-0.39, 0.29) is 18.4 Å². The number of carbonyl (C=O) groups is 2. The minimum Gasteiger partial charge on any atom is -0.465 e. The van der Waals surface area contributed by atoms with Crippen LogP contribution in [0.5, 0.6) is 0 Å². The Balaban J connectivity index is 1.63. The summed E-state index contributed by atoms with van der Waals surface area (Å²) < 4.78 is 7.06. The fourth-order valence-corrected chi connectivity index (χ4v) is 3.65. The lowest BCUT2D eigenvalue weighted by Crippen LogP contribution is -2.36. The molecule has 0 aliphatic heterocycles. The zero-order valence-corrected chi connectivity index (χ0v) is 18.3. The highest BCUT2D eigenvalue weighted by Crippen LogP contribution is 2.18. The summed E-state index contributed by atoms with van der Waals surface area (Å²) >= 11 is 0. The fourth-order valence-electron chi connectivity index (χ4n) is 3.65. The largest absolute Gasteiger partial charge is 0.465 e. The van der Waals surface area contributed by atoms with E-state index in [9.17, 15) is 9.59 Å². The molecule has 1 aromatic heterocycles. The molecule has 0 saturated heterocycles. The maximum absolute atomic E-state index is 12.1. The van der Waals surface area contributed by atoms with Gasteiger partial charge in [0, 0.05) is 24.3 Å². The van der Waals surface area contributed by atoms with E-state index < -0.39 is 5.97 Å². The van der Waals surface area contributed by atoms with Crippen LogP contribution in [0.1, 0.15) is 83.7 Å². The third kappa shape index (κ3) is 8.98. The van der Waals surface area contributed by atoms with E-state index in [1.165, 1.54) is 5.56 Å². The van der Waals surface area contributed by atoms with Crippen molar-refractivity contribution in [2.24, 2.45) is 0 Å². The predicted molar refractivity (Wildman–Crippen MR) is 114 cm³/mol. The molecule has 1 fully saturated rings. The van der Waals surface area contributed by atoms with Crippen molar-refractivity contribution >= 4 is 11.9 Å². The standard InChI is InChI=1S/C22H38N4O3/c1-4-5-13-29-22(28)14-21(27)25-20-8-6-7-19(9-10-20)23-12-11-18-15-24-26(16-18)17(2)3/h15-17,19-20,23H,4-14H2,1-3H3,(H,25,27). The van der Waals surface area contributed by atoms with Gasteiger partial charge in [-0.15, -0.1) is 0 Å². The van der Waals surface area contributed by atoms with E-state index in [4.69, 9.17) is 4.74 Å². The molecule has 2 N–H and O–H groups in total. The number of hydrogen-bond donors (Lipinski definition) is 2. The van der Waals surface area contributed by atoms with Crippen molar-refractivity contribution in [3.05, 3.63) is 18.0 Å². The Morgan fingerprint density at radius 1 is 1.24 bits per heavy atom. The Labute approximate surface area is 175 Å². The molecule has 1 aromatic rings. The molecule has 0 radical (unpaired) electrons. The first-order valence-corrected chi connectivity index (χ1v) is 11.2. The van der Waals surface area contributed by atoms with Gasteiger partial charge in [0.25, 0.3) is 0 Å². The maximum atomic E-state index is 12.1. The highest BCUT2D eigenvalue weighted by Gasteiger charge is 2.21. The first-order valence-electron chi connectivity index (χ1n) is 11.2. The second-order valence-electron chi connectivity index (χ2n) is 8.35. The van der Waals surface area contributed by atoms with E-state index in [2.05, 4.69) is 35.8 Å². The van der Waals surface area contributed by atoms with Gasteiger partial charge in [-0.05, 0) is 70.9 Å². The molecule has 1 saturated carbocycles. The molecule has 1 aliphatic carbocycles. The van der Waals surface area contributed by atoms with Crippen molar-refractivity contribution in [1.82, 2.24) is 20.4 Å². The van der Waals surface area contributed by atoms with Crippen LogP contribution in [-0.2, 0) is 20.7 Å². The molecule has 0 spiro atoms. The molecule has 2 atom stereocenters. The number of unbranched alkanes of at least 4 members (excludes halogenated alkanes) is 1. The molecular formula is C22H38N4O3. The van der Waals surface area contributed by atoms with Crippen molar-refractivity contribution in [3.8, 4) is 0 Å². The van der Waals surface area contributed by atoms with Crippen LogP contribution in [0.2, 0.25) is 0 Å². The second-order valence-corrected chi connectivity index (χ2v) is 8.35. The summed E-state index contributed by atoms with van der Waals surface area (Å²) in [5.74, 6) is -0.644. The Bertz CT molecular complexity index is 629. The summed E-state index contributed by atoms with van der Waals surface area (Å²) in [6, 6.07) is 1.03. The lowest BCUT2D eigenvalue weighted by molar-refractivity contribution is -0.146. The summed E-state index contributed by atoms with van der Waals surface area (Å²) in [5.41, 5.74) is 1.26. The molecule has 1 heterocycles. The summed E-state index contributed by atoms with van der Waals surface area (Å²) in [6.45, 7) is 7.64. The van der Waals surface area contributed by atoms with Gasteiger partial charge in [-0.2, -0.15) is 5.10 Å². The lowest BCUT2D eigenvalue weighted by Gasteiger charge is -2.17. The molecule has 0 bridgehead atoms. The van der Waals surface area contributed by atoms with Gasteiger partial charge in [0.2, 0.25) is 5.91 Å². The maximum Gasteiger partial charge on any atom is 0.315 e. The zero-order valence-electron chi connectivity index (χ0n) is 18.3. The summed E-state index contributed by atoms with van der Waals surface area (Å²) in [7, 11) is 0. The van der Waals surface area contributed by atoms with E-state index in [0.717, 1.165) is 57.9 Å². The molecule has 164 valence electrons. The molecule has 1 amide bonds. The van der Waals surface area contributed by atoms with Crippen LogP contribution >= 0.6 is 0 Å². The normalized spacial score (nSPS) is 19.7. The van der Waals surface area contributed by atoms with Crippen molar-refractivity contribution < 1.29 is 14.3 Å². The molecule has 2 rings (SSSR count). The number of hydrogen-bond acceptors (Lipinski definition) is 5.